The molecule has 0 bridgehead atoms. The van der Waals surface area contributed by atoms with Crippen LogP contribution in [-0.4, -0.2) is 23.3 Å². The fourth-order valence-electron chi connectivity index (χ4n) is 4.88. The molecule has 3 heteroatoms. The fraction of sp³-hybridized carbons (Fsp3) is 0.542. The maximum Gasteiger partial charge on any atom is 0.309 e. The number of hydrogen-bond acceptors (Lipinski definition) is 3. The van der Waals surface area contributed by atoms with Gasteiger partial charge in [-0.05, 0) is 53.4 Å². The van der Waals surface area contributed by atoms with Crippen LogP contribution in [0.2, 0.25) is 0 Å². The van der Waals surface area contributed by atoms with E-state index in [1.165, 1.54) is 22.3 Å². The second kappa shape index (κ2) is 7.27. The fourth-order valence-corrected chi connectivity index (χ4v) is 4.88. The summed E-state index contributed by atoms with van der Waals surface area (Å²) in [5.74, 6) is -0.319. The van der Waals surface area contributed by atoms with Gasteiger partial charge in [-0.25, -0.2) is 0 Å². The summed E-state index contributed by atoms with van der Waals surface area (Å²) < 4.78 is 5.41. The first kappa shape index (κ1) is 19.9. The first-order chi connectivity index (χ1) is 12.6. The lowest BCUT2D eigenvalue weighted by Gasteiger charge is -2.43. The van der Waals surface area contributed by atoms with Gasteiger partial charge in [-0.2, -0.15) is 0 Å². The predicted molar refractivity (Wildman–Crippen MR) is 109 cm³/mol. The molecule has 27 heavy (non-hydrogen) atoms. The number of benzene rings is 1. The van der Waals surface area contributed by atoms with Gasteiger partial charge in [-0.1, -0.05) is 63.6 Å². The van der Waals surface area contributed by atoms with E-state index in [0.717, 1.165) is 12.8 Å². The number of ether oxygens (including phenoxy) is 1. The third-order valence-electron chi connectivity index (χ3n) is 5.66. The van der Waals surface area contributed by atoms with Crippen LogP contribution >= 0.6 is 0 Å². The molecule has 1 aromatic rings. The zero-order valence-corrected chi connectivity index (χ0v) is 17.2. The molecule has 2 atom stereocenters. The lowest BCUT2D eigenvalue weighted by atomic mass is 9.61. The number of allylic oxidation sites excluding steroid dienone is 3. The Morgan fingerprint density at radius 3 is 2.63 bits per heavy atom. The van der Waals surface area contributed by atoms with Gasteiger partial charge in [-0.3, -0.25) is 4.79 Å². The number of esters is 1. The average Bonchev–Trinajstić information content (AvgIpc) is 2.50. The summed E-state index contributed by atoms with van der Waals surface area (Å²) in [5.41, 5.74) is 5.47. The monoisotopic (exact) mass is 368 g/mol. The lowest BCUT2D eigenvalue weighted by Crippen LogP contribution is -2.32. The number of carbonyl (C=O) groups is 1. The van der Waals surface area contributed by atoms with E-state index in [0.29, 0.717) is 6.42 Å². The van der Waals surface area contributed by atoms with Crippen LogP contribution in [0.25, 0.3) is 5.57 Å². The highest BCUT2D eigenvalue weighted by Gasteiger charge is 2.38. The van der Waals surface area contributed by atoms with E-state index >= 15 is 0 Å². The van der Waals surface area contributed by atoms with Gasteiger partial charge in [0, 0.05) is 6.42 Å². The number of rotatable bonds is 3. The zero-order valence-electron chi connectivity index (χ0n) is 17.2. The van der Waals surface area contributed by atoms with Crippen LogP contribution < -0.4 is 0 Å². The molecule has 2 aliphatic rings. The van der Waals surface area contributed by atoms with Crippen molar-refractivity contribution >= 4 is 11.5 Å². The molecule has 1 aliphatic carbocycles. The van der Waals surface area contributed by atoms with E-state index < -0.39 is 6.10 Å². The van der Waals surface area contributed by atoms with E-state index in [9.17, 15) is 9.90 Å². The normalized spacial score (nSPS) is 27.7. The van der Waals surface area contributed by atoms with E-state index in [-0.39, 0.29) is 29.3 Å². The molecule has 0 aromatic heterocycles. The molecule has 1 fully saturated rings. The van der Waals surface area contributed by atoms with Gasteiger partial charge < -0.3 is 9.84 Å². The average molecular weight is 369 g/mol. The molecule has 1 saturated heterocycles. The molecule has 1 heterocycles. The first-order valence-electron chi connectivity index (χ1n) is 9.92. The quantitative estimate of drug-likeness (QED) is 0.744. The SMILES string of the molecule is Cc1cccc(C2=C(C=C[C@H]3C[C@H](O)CC(=O)O3)C(C)(C)CC(C)(C)C2)c1. The molecule has 0 saturated carbocycles. The summed E-state index contributed by atoms with van der Waals surface area (Å²) in [6.07, 6.45) is 5.84. The highest BCUT2D eigenvalue weighted by molar-refractivity contribution is 5.74. The maximum atomic E-state index is 11.6. The minimum Gasteiger partial charge on any atom is -0.458 e. The van der Waals surface area contributed by atoms with Gasteiger partial charge in [-0.15, -0.1) is 0 Å². The molecule has 1 aromatic carbocycles. The van der Waals surface area contributed by atoms with Crippen LogP contribution in [0, 0.1) is 17.8 Å². The predicted octanol–water partition coefficient (Wildman–Crippen LogP) is 5.22. The largest absolute Gasteiger partial charge is 0.458 e. The van der Waals surface area contributed by atoms with E-state index in [1.807, 2.05) is 6.08 Å². The molecule has 1 aliphatic heterocycles. The topological polar surface area (TPSA) is 46.5 Å². The van der Waals surface area contributed by atoms with Crippen molar-refractivity contribution in [1.82, 2.24) is 0 Å². The van der Waals surface area contributed by atoms with Crippen LogP contribution in [0.1, 0.15) is 64.5 Å². The zero-order chi connectivity index (χ0) is 19.8. The molecular formula is C24H32O3. The van der Waals surface area contributed by atoms with Gasteiger partial charge >= 0.3 is 5.97 Å². The number of hydrogen-bond donors (Lipinski definition) is 1. The molecule has 1 N–H and O–H groups in total. The van der Waals surface area contributed by atoms with Gasteiger partial charge in [0.05, 0.1) is 12.5 Å². The molecule has 3 rings (SSSR count). The standard InChI is InChI=1S/C24H32O3/c1-16-7-6-8-17(11-16)20-14-23(2,3)15-24(4,5)21(20)10-9-19-12-18(25)13-22(26)27-19/h6-11,18-19,25H,12-15H2,1-5H3/t18-,19-/m0/s1. The molecule has 0 unspecified atom stereocenters. The van der Waals surface area contributed by atoms with Crippen molar-refractivity contribution in [2.24, 2.45) is 10.8 Å². The first-order valence-corrected chi connectivity index (χ1v) is 9.92. The van der Waals surface area contributed by atoms with Crippen LogP contribution in [0.3, 0.4) is 0 Å². The number of aliphatic hydroxyl groups excluding tert-OH is 1. The minimum atomic E-state index is -0.607. The summed E-state index contributed by atoms with van der Waals surface area (Å²) >= 11 is 0. The van der Waals surface area contributed by atoms with Gasteiger partial charge in [0.25, 0.3) is 0 Å². The Hall–Kier alpha value is -1.87. The van der Waals surface area contributed by atoms with Crippen molar-refractivity contribution < 1.29 is 14.6 Å². The number of aryl methyl sites for hydroxylation is 1. The number of aliphatic hydroxyl groups is 1. The van der Waals surface area contributed by atoms with Crippen LogP contribution in [0.5, 0.6) is 0 Å². The van der Waals surface area contributed by atoms with Crippen molar-refractivity contribution in [3.63, 3.8) is 0 Å². The van der Waals surface area contributed by atoms with Crippen molar-refractivity contribution in [1.29, 1.82) is 0 Å². The highest BCUT2D eigenvalue weighted by Crippen LogP contribution is 2.52. The molecule has 0 amide bonds. The third-order valence-corrected chi connectivity index (χ3v) is 5.66. The highest BCUT2D eigenvalue weighted by atomic mass is 16.5. The molecule has 146 valence electrons. The Kier molecular flexibility index (Phi) is 5.36. The number of cyclic esters (lactones) is 1. The van der Waals surface area contributed by atoms with Crippen molar-refractivity contribution in [3.8, 4) is 0 Å². The van der Waals surface area contributed by atoms with Gasteiger partial charge in [0.1, 0.15) is 6.10 Å². The second-order valence-corrected chi connectivity index (χ2v) is 9.64. The van der Waals surface area contributed by atoms with Crippen molar-refractivity contribution in [2.75, 3.05) is 0 Å². The molecule has 0 radical (unpaired) electrons. The maximum absolute atomic E-state index is 11.6. The summed E-state index contributed by atoms with van der Waals surface area (Å²) in [4.78, 5) is 11.6. The summed E-state index contributed by atoms with van der Waals surface area (Å²) in [6.45, 7) is 11.4. The molecular weight excluding hydrogens is 336 g/mol. The van der Waals surface area contributed by atoms with Crippen molar-refractivity contribution in [2.45, 2.75) is 72.5 Å². The smallest absolute Gasteiger partial charge is 0.309 e. The Balaban J connectivity index is 2.02. The Labute approximate surface area is 163 Å². The molecule has 3 nitrogen and oxygen atoms in total. The van der Waals surface area contributed by atoms with E-state index in [1.54, 1.807) is 0 Å². The number of carbonyl (C=O) groups excluding carboxylic acids is 1. The Morgan fingerprint density at radius 2 is 1.96 bits per heavy atom. The van der Waals surface area contributed by atoms with Crippen molar-refractivity contribution in [3.05, 3.63) is 53.1 Å². The van der Waals surface area contributed by atoms with Crippen LogP contribution in [0.4, 0.5) is 0 Å². The van der Waals surface area contributed by atoms with Gasteiger partial charge in [0.15, 0.2) is 0 Å². The minimum absolute atomic E-state index is 0.0224. The summed E-state index contributed by atoms with van der Waals surface area (Å²) in [5, 5.41) is 9.87. The van der Waals surface area contributed by atoms with Crippen LogP contribution in [0.15, 0.2) is 42.0 Å². The molecule has 0 spiro atoms. The third kappa shape index (κ3) is 4.70. The Bertz CT molecular complexity index is 783. The lowest BCUT2D eigenvalue weighted by molar-refractivity contribution is -0.156. The van der Waals surface area contributed by atoms with E-state index in [4.69, 9.17) is 4.74 Å². The second-order valence-electron chi connectivity index (χ2n) is 9.64. The Morgan fingerprint density at radius 1 is 1.22 bits per heavy atom. The van der Waals surface area contributed by atoms with Crippen LogP contribution in [-0.2, 0) is 9.53 Å². The summed E-state index contributed by atoms with van der Waals surface area (Å²) in [6, 6.07) is 8.69. The van der Waals surface area contributed by atoms with E-state index in [2.05, 4.69) is 65.0 Å². The van der Waals surface area contributed by atoms with Gasteiger partial charge in [0.2, 0.25) is 0 Å². The summed E-state index contributed by atoms with van der Waals surface area (Å²) in [7, 11) is 0.